The third kappa shape index (κ3) is 3.25. The molecule has 1 aliphatic heterocycles. The first-order valence-corrected chi connectivity index (χ1v) is 8.86. The fourth-order valence-corrected chi connectivity index (χ4v) is 3.30. The summed E-state index contributed by atoms with van der Waals surface area (Å²) in [5.41, 5.74) is 1.29. The van der Waals surface area contributed by atoms with Gasteiger partial charge in [0, 0.05) is 5.02 Å². The standard InChI is InChI=1S/C17H18ClN5O5/c18-10-3-1-2-9(4-10)6-27-23-8-21-16-12(15(23)19)20-7-22(16)17-14(26)13(25)11(5-24)28-17/h1-4,7-8,11,13-14,17,19,24-26H,5-6H2/t11-,13-,14-,17-/m1/s1. The Morgan fingerprint density at radius 2 is 2.04 bits per heavy atom. The van der Waals surface area contributed by atoms with E-state index in [0.717, 1.165) is 5.56 Å². The summed E-state index contributed by atoms with van der Waals surface area (Å²) in [7, 11) is 0. The highest BCUT2D eigenvalue weighted by molar-refractivity contribution is 6.30. The number of nitrogens with one attached hydrogen (secondary N) is 1. The lowest BCUT2D eigenvalue weighted by molar-refractivity contribution is -0.0511. The van der Waals surface area contributed by atoms with Crippen LogP contribution in [0.15, 0.2) is 36.9 Å². The summed E-state index contributed by atoms with van der Waals surface area (Å²) in [6, 6.07) is 7.16. The van der Waals surface area contributed by atoms with Gasteiger partial charge < -0.3 is 24.9 Å². The summed E-state index contributed by atoms with van der Waals surface area (Å²) in [5.74, 6) is 0. The van der Waals surface area contributed by atoms with Crippen LogP contribution in [0.5, 0.6) is 0 Å². The minimum atomic E-state index is -1.27. The number of aromatic nitrogens is 4. The highest BCUT2D eigenvalue weighted by Crippen LogP contribution is 2.30. The van der Waals surface area contributed by atoms with E-state index in [9.17, 15) is 15.3 Å². The quantitative estimate of drug-likeness (QED) is 0.451. The van der Waals surface area contributed by atoms with Gasteiger partial charge in [-0.3, -0.25) is 9.98 Å². The van der Waals surface area contributed by atoms with Crippen molar-refractivity contribution in [1.82, 2.24) is 19.3 Å². The topological polar surface area (TPSA) is 139 Å². The number of fused-ring (bicyclic) bond motifs is 1. The van der Waals surface area contributed by atoms with Gasteiger partial charge in [0.2, 0.25) is 0 Å². The van der Waals surface area contributed by atoms with E-state index in [1.807, 2.05) is 6.07 Å². The lowest BCUT2D eigenvalue weighted by Crippen LogP contribution is -2.33. The maximum atomic E-state index is 10.2. The summed E-state index contributed by atoms with van der Waals surface area (Å²) in [5, 5.41) is 38.3. The van der Waals surface area contributed by atoms with Gasteiger partial charge in [-0.15, -0.1) is 0 Å². The van der Waals surface area contributed by atoms with E-state index in [0.29, 0.717) is 5.02 Å². The fourth-order valence-electron chi connectivity index (χ4n) is 3.08. The minimum absolute atomic E-state index is 0.0440. The number of halogens is 1. The Morgan fingerprint density at radius 3 is 2.75 bits per heavy atom. The fraction of sp³-hybridized carbons (Fsp3) is 0.353. The van der Waals surface area contributed by atoms with Crippen molar-refractivity contribution < 1.29 is 24.9 Å². The lowest BCUT2D eigenvalue weighted by atomic mass is 10.1. The molecule has 4 rings (SSSR count). The minimum Gasteiger partial charge on any atom is -0.406 e. The zero-order chi connectivity index (χ0) is 19.8. The van der Waals surface area contributed by atoms with Crippen LogP contribution in [0.2, 0.25) is 5.02 Å². The SMILES string of the molecule is N=c1c2ncn([C@@H]3O[C@H](CO)[C@@H](O)[C@H]3O)c2ncn1OCc1cccc(Cl)c1. The van der Waals surface area contributed by atoms with Crippen LogP contribution in [-0.2, 0) is 11.3 Å². The zero-order valence-corrected chi connectivity index (χ0v) is 15.3. The van der Waals surface area contributed by atoms with Crippen molar-refractivity contribution in [2.45, 2.75) is 31.1 Å². The molecule has 0 saturated carbocycles. The summed E-state index contributed by atoms with van der Waals surface area (Å²) >= 11 is 5.95. The monoisotopic (exact) mass is 407 g/mol. The Morgan fingerprint density at radius 1 is 1.21 bits per heavy atom. The van der Waals surface area contributed by atoms with E-state index in [4.69, 9.17) is 26.6 Å². The van der Waals surface area contributed by atoms with E-state index in [1.54, 1.807) is 18.2 Å². The molecule has 3 heterocycles. The number of ether oxygens (including phenoxy) is 1. The van der Waals surface area contributed by atoms with Crippen LogP contribution in [0.25, 0.3) is 11.2 Å². The molecule has 1 aromatic carbocycles. The maximum absolute atomic E-state index is 10.2. The van der Waals surface area contributed by atoms with Crippen molar-refractivity contribution >= 4 is 22.8 Å². The molecule has 0 bridgehead atoms. The van der Waals surface area contributed by atoms with Gasteiger partial charge >= 0.3 is 0 Å². The number of imidazole rings is 1. The largest absolute Gasteiger partial charge is 0.406 e. The number of hydrogen-bond acceptors (Lipinski definition) is 8. The van der Waals surface area contributed by atoms with Crippen molar-refractivity contribution in [2.75, 3.05) is 6.61 Å². The number of rotatable bonds is 5. The molecule has 1 saturated heterocycles. The highest BCUT2D eigenvalue weighted by atomic mass is 35.5. The molecule has 11 heteroatoms. The lowest BCUT2D eigenvalue weighted by Gasteiger charge is -2.16. The molecule has 4 atom stereocenters. The Kier molecular flexibility index (Phi) is 5.04. The van der Waals surface area contributed by atoms with Gasteiger partial charge in [0.15, 0.2) is 22.9 Å². The van der Waals surface area contributed by atoms with Crippen LogP contribution in [-0.4, -0.2) is 59.5 Å². The van der Waals surface area contributed by atoms with Crippen LogP contribution < -0.4 is 10.3 Å². The summed E-state index contributed by atoms with van der Waals surface area (Å²) in [4.78, 5) is 14.0. The second kappa shape index (κ2) is 7.49. The average Bonchev–Trinajstić information content (AvgIpc) is 3.23. The Balaban J connectivity index is 1.60. The number of nitrogens with zero attached hydrogens (tertiary/aromatic N) is 4. The van der Waals surface area contributed by atoms with Crippen LogP contribution in [0.3, 0.4) is 0 Å². The van der Waals surface area contributed by atoms with Crippen molar-refractivity contribution in [1.29, 1.82) is 5.41 Å². The molecule has 148 valence electrons. The predicted octanol–water partition coefficient (Wildman–Crippen LogP) is -0.394. The highest BCUT2D eigenvalue weighted by Gasteiger charge is 2.43. The number of benzene rings is 1. The molecule has 3 aromatic rings. The molecule has 0 aliphatic carbocycles. The molecule has 0 spiro atoms. The molecule has 0 amide bonds. The number of aliphatic hydroxyl groups excluding tert-OH is 3. The molecule has 0 unspecified atom stereocenters. The Hall–Kier alpha value is -2.50. The van der Waals surface area contributed by atoms with E-state index < -0.39 is 31.1 Å². The Labute approximate surface area is 163 Å². The molecule has 1 fully saturated rings. The third-order valence-electron chi connectivity index (χ3n) is 4.55. The maximum Gasteiger partial charge on any atom is 0.192 e. The van der Waals surface area contributed by atoms with Gasteiger partial charge in [-0.2, -0.15) is 4.73 Å². The second-order valence-electron chi connectivity index (χ2n) is 6.38. The van der Waals surface area contributed by atoms with E-state index in [2.05, 4.69) is 9.97 Å². The molecular formula is C17H18ClN5O5. The van der Waals surface area contributed by atoms with E-state index in [1.165, 1.54) is 22.0 Å². The summed E-state index contributed by atoms with van der Waals surface area (Å²) < 4.78 is 8.09. The van der Waals surface area contributed by atoms with Crippen molar-refractivity contribution in [3.05, 3.63) is 53.0 Å². The smallest absolute Gasteiger partial charge is 0.192 e. The van der Waals surface area contributed by atoms with Crippen molar-refractivity contribution in [2.24, 2.45) is 0 Å². The normalized spacial score (nSPS) is 24.7. The number of aliphatic hydroxyl groups is 3. The Bertz CT molecular complexity index is 1050. The molecule has 4 N–H and O–H groups in total. The van der Waals surface area contributed by atoms with Crippen LogP contribution >= 0.6 is 11.6 Å². The molecule has 1 aliphatic rings. The predicted molar refractivity (Wildman–Crippen MR) is 96.1 cm³/mol. The van der Waals surface area contributed by atoms with E-state index in [-0.39, 0.29) is 23.3 Å². The van der Waals surface area contributed by atoms with Crippen LogP contribution in [0, 0.1) is 5.41 Å². The van der Waals surface area contributed by atoms with E-state index >= 15 is 0 Å². The van der Waals surface area contributed by atoms with Crippen molar-refractivity contribution in [3.8, 4) is 0 Å². The first-order chi connectivity index (χ1) is 13.5. The van der Waals surface area contributed by atoms with Crippen LogP contribution in [0.1, 0.15) is 11.8 Å². The van der Waals surface area contributed by atoms with Crippen molar-refractivity contribution in [3.63, 3.8) is 0 Å². The second-order valence-corrected chi connectivity index (χ2v) is 6.81. The molecule has 28 heavy (non-hydrogen) atoms. The summed E-state index contributed by atoms with van der Waals surface area (Å²) in [6.45, 7) is -0.254. The third-order valence-corrected chi connectivity index (χ3v) is 4.78. The first kappa shape index (κ1) is 18.8. The zero-order valence-electron chi connectivity index (χ0n) is 14.5. The molecule has 2 aromatic heterocycles. The van der Waals surface area contributed by atoms with Gasteiger partial charge in [-0.25, -0.2) is 9.97 Å². The number of hydrogen-bond donors (Lipinski definition) is 4. The van der Waals surface area contributed by atoms with Gasteiger partial charge in [-0.05, 0) is 17.7 Å². The van der Waals surface area contributed by atoms with Gasteiger partial charge in [0.05, 0.1) is 12.9 Å². The van der Waals surface area contributed by atoms with Gasteiger partial charge in [0.1, 0.15) is 31.2 Å². The van der Waals surface area contributed by atoms with Gasteiger partial charge in [0.25, 0.3) is 0 Å². The van der Waals surface area contributed by atoms with Gasteiger partial charge in [-0.1, -0.05) is 23.7 Å². The van der Waals surface area contributed by atoms with Crippen LogP contribution in [0.4, 0.5) is 0 Å². The molecule has 10 nitrogen and oxygen atoms in total. The first-order valence-electron chi connectivity index (χ1n) is 8.48. The average molecular weight is 408 g/mol. The summed E-state index contributed by atoms with van der Waals surface area (Å²) in [6.07, 6.45) is -1.73. The molecular weight excluding hydrogens is 390 g/mol. The molecule has 0 radical (unpaired) electrons.